The van der Waals surface area contributed by atoms with Gasteiger partial charge < -0.3 is 17.7 Å². The first-order chi connectivity index (χ1) is 8.60. The molecule has 0 saturated heterocycles. The Kier molecular flexibility index (Phi) is 12.4. The average molecular weight is 331 g/mol. The summed E-state index contributed by atoms with van der Waals surface area (Å²) in [6.45, 7) is 4.39. The molecule has 0 fully saturated rings. The SMILES string of the molecule is CO[SiH](OC)C(C)CSSCC(C)[SiH](OC)OC. The highest BCUT2D eigenvalue weighted by atomic mass is 33.1. The normalized spacial score (nSPS) is 15.3. The van der Waals surface area contributed by atoms with E-state index in [-0.39, 0.29) is 0 Å². The monoisotopic (exact) mass is 330 g/mol. The lowest BCUT2D eigenvalue weighted by atomic mass is 10.6. The van der Waals surface area contributed by atoms with E-state index in [1.54, 1.807) is 28.4 Å². The number of hydrogen-bond acceptors (Lipinski definition) is 6. The first kappa shape index (κ1) is 19.0. The lowest BCUT2D eigenvalue weighted by Crippen LogP contribution is -2.26. The lowest BCUT2D eigenvalue weighted by molar-refractivity contribution is 0.269. The Hall–Kier alpha value is 0.974. The van der Waals surface area contributed by atoms with Crippen molar-refractivity contribution in [3.63, 3.8) is 0 Å². The van der Waals surface area contributed by atoms with Crippen LogP contribution >= 0.6 is 21.6 Å². The fraction of sp³-hybridized carbons (Fsp3) is 1.00. The highest BCUT2D eigenvalue weighted by Gasteiger charge is 2.22. The van der Waals surface area contributed by atoms with Crippen molar-refractivity contribution in [1.82, 2.24) is 0 Å². The fourth-order valence-electron chi connectivity index (χ4n) is 1.59. The van der Waals surface area contributed by atoms with E-state index in [0.29, 0.717) is 11.1 Å². The van der Waals surface area contributed by atoms with Gasteiger partial charge in [-0.25, -0.2) is 0 Å². The van der Waals surface area contributed by atoms with Gasteiger partial charge in [-0.2, -0.15) is 0 Å². The molecule has 0 N–H and O–H groups in total. The molecular formula is C10H26O4S2Si2. The zero-order valence-corrected chi connectivity index (χ0v) is 16.1. The second-order valence-corrected chi connectivity index (χ2v) is 12.4. The van der Waals surface area contributed by atoms with Crippen molar-refractivity contribution in [2.45, 2.75) is 24.9 Å². The molecule has 0 amide bonds. The molecule has 2 unspecified atom stereocenters. The van der Waals surface area contributed by atoms with Gasteiger partial charge in [0.25, 0.3) is 0 Å². The highest BCUT2D eigenvalue weighted by Crippen LogP contribution is 2.31. The first-order valence-corrected chi connectivity index (χ1v) is 11.7. The highest BCUT2D eigenvalue weighted by molar-refractivity contribution is 8.76. The Morgan fingerprint density at radius 1 is 0.722 bits per heavy atom. The fourth-order valence-corrected chi connectivity index (χ4v) is 8.99. The summed E-state index contributed by atoms with van der Waals surface area (Å²) in [5.41, 5.74) is 1.04. The van der Waals surface area contributed by atoms with E-state index in [2.05, 4.69) is 13.8 Å². The third kappa shape index (κ3) is 7.54. The van der Waals surface area contributed by atoms with Crippen molar-refractivity contribution < 1.29 is 17.7 Å². The Morgan fingerprint density at radius 2 is 1.00 bits per heavy atom. The Morgan fingerprint density at radius 3 is 1.22 bits per heavy atom. The van der Waals surface area contributed by atoms with Crippen LogP contribution in [0.25, 0.3) is 0 Å². The molecule has 0 aromatic rings. The quantitative estimate of drug-likeness (QED) is 0.328. The van der Waals surface area contributed by atoms with Crippen LogP contribution in [0.5, 0.6) is 0 Å². The molecule has 0 aliphatic heterocycles. The van der Waals surface area contributed by atoms with E-state index < -0.39 is 18.6 Å². The second-order valence-electron chi connectivity index (χ2n) is 4.20. The summed E-state index contributed by atoms with van der Waals surface area (Å²) in [7, 11) is 7.82. The van der Waals surface area contributed by atoms with Gasteiger partial charge in [-0.05, 0) is 0 Å². The van der Waals surface area contributed by atoms with Crippen LogP contribution in [0.1, 0.15) is 13.8 Å². The van der Waals surface area contributed by atoms with E-state index in [1.807, 2.05) is 21.6 Å². The third-order valence-electron chi connectivity index (χ3n) is 2.60. The Labute approximate surface area is 123 Å². The van der Waals surface area contributed by atoms with Gasteiger partial charge in [0.2, 0.25) is 0 Å². The van der Waals surface area contributed by atoms with Gasteiger partial charge in [0.15, 0.2) is 0 Å². The van der Waals surface area contributed by atoms with E-state index in [0.717, 1.165) is 11.5 Å². The molecule has 0 aliphatic rings. The van der Waals surface area contributed by atoms with E-state index in [4.69, 9.17) is 17.7 Å². The summed E-state index contributed by atoms with van der Waals surface area (Å²) < 4.78 is 21.5. The van der Waals surface area contributed by atoms with Crippen LogP contribution in [0.3, 0.4) is 0 Å². The van der Waals surface area contributed by atoms with Gasteiger partial charge in [-0.1, -0.05) is 35.4 Å². The molecule has 0 aliphatic carbocycles. The van der Waals surface area contributed by atoms with Crippen molar-refractivity contribution in [3.05, 3.63) is 0 Å². The van der Waals surface area contributed by atoms with Crippen LogP contribution < -0.4 is 0 Å². The molecule has 4 nitrogen and oxygen atoms in total. The summed E-state index contributed by atoms with van der Waals surface area (Å²) in [6, 6.07) is 0. The summed E-state index contributed by atoms with van der Waals surface area (Å²) in [5, 5.41) is 0. The molecule has 0 radical (unpaired) electrons. The van der Waals surface area contributed by atoms with Gasteiger partial charge in [0, 0.05) is 51.0 Å². The van der Waals surface area contributed by atoms with Crippen molar-refractivity contribution in [2.24, 2.45) is 0 Å². The molecule has 0 aromatic carbocycles. The van der Waals surface area contributed by atoms with E-state index in [1.165, 1.54) is 0 Å². The standard InChI is InChI=1S/C10H26O4S2Si2/c1-9(17(11-3)12-4)7-15-16-8-10(2)18(13-5)14-6/h9-10,17-18H,7-8H2,1-6H3. The van der Waals surface area contributed by atoms with E-state index >= 15 is 0 Å². The second kappa shape index (κ2) is 11.8. The minimum Gasteiger partial charge on any atom is -0.400 e. The van der Waals surface area contributed by atoms with Gasteiger partial charge in [0.1, 0.15) is 0 Å². The maximum Gasteiger partial charge on any atom is 0.324 e. The summed E-state index contributed by atoms with van der Waals surface area (Å²) in [6.07, 6.45) is 0. The minimum atomic E-state index is -1.46. The van der Waals surface area contributed by atoms with Gasteiger partial charge in [-0.3, -0.25) is 0 Å². The Bertz CT molecular complexity index is 175. The number of rotatable bonds is 11. The molecule has 110 valence electrons. The van der Waals surface area contributed by atoms with Crippen LogP contribution in [0, 0.1) is 0 Å². The van der Waals surface area contributed by atoms with Crippen molar-refractivity contribution >= 4 is 40.2 Å². The van der Waals surface area contributed by atoms with Crippen LogP contribution in [-0.4, -0.2) is 58.5 Å². The molecule has 0 saturated carbocycles. The molecule has 0 rings (SSSR count). The Balaban J connectivity index is 3.72. The maximum absolute atomic E-state index is 5.37. The van der Waals surface area contributed by atoms with Gasteiger partial charge in [-0.15, -0.1) is 0 Å². The molecule has 18 heavy (non-hydrogen) atoms. The first-order valence-electron chi connectivity index (χ1n) is 5.96. The predicted octanol–water partition coefficient (Wildman–Crippen LogP) is 2.17. The minimum absolute atomic E-state index is 0.519. The predicted molar refractivity (Wildman–Crippen MR) is 86.1 cm³/mol. The van der Waals surface area contributed by atoms with Crippen molar-refractivity contribution in [3.8, 4) is 0 Å². The van der Waals surface area contributed by atoms with Crippen LogP contribution in [0.15, 0.2) is 0 Å². The molecule has 0 aromatic heterocycles. The van der Waals surface area contributed by atoms with E-state index in [9.17, 15) is 0 Å². The lowest BCUT2D eigenvalue weighted by Gasteiger charge is -2.20. The van der Waals surface area contributed by atoms with Crippen LogP contribution in [0.2, 0.25) is 11.1 Å². The van der Waals surface area contributed by atoms with Gasteiger partial charge >= 0.3 is 18.6 Å². The molecule has 2 atom stereocenters. The zero-order chi connectivity index (χ0) is 14.0. The molecule has 0 heterocycles. The van der Waals surface area contributed by atoms with Crippen LogP contribution in [-0.2, 0) is 17.7 Å². The zero-order valence-electron chi connectivity index (χ0n) is 12.2. The summed E-state index contributed by atoms with van der Waals surface area (Å²) in [5.74, 6) is 2.14. The van der Waals surface area contributed by atoms with Gasteiger partial charge in [0.05, 0.1) is 0 Å². The van der Waals surface area contributed by atoms with Crippen molar-refractivity contribution in [1.29, 1.82) is 0 Å². The molecular weight excluding hydrogens is 304 g/mol. The van der Waals surface area contributed by atoms with Crippen LogP contribution in [0.4, 0.5) is 0 Å². The topological polar surface area (TPSA) is 36.9 Å². The average Bonchev–Trinajstić information content (AvgIpc) is 2.37. The molecule has 8 heteroatoms. The summed E-state index contributed by atoms with van der Waals surface area (Å²) in [4.78, 5) is 0. The third-order valence-corrected chi connectivity index (χ3v) is 10.3. The molecule has 0 bridgehead atoms. The van der Waals surface area contributed by atoms with Crippen molar-refractivity contribution in [2.75, 3.05) is 39.9 Å². The molecule has 0 spiro atoms. The largest absolute Gasteiger partial charge is 0.400 e. The maximum atomic E-state index is 5.37. The summed E-state index contributed by atoms with van der Waals surface area (Å²) >= 11 is 0. The number of hydrogen-bond donors (Lipinski definition) is 0. The smallest absolute Gasteiger partial charge is 0.324 e.